The zero-order valence-electron chi connectivity index (χ0n) is 16.4. The Hall–Kier alpha value is -2.93. The van der Waals surface area contributed by atoms with Crippen LogP contribution < -0.4 is 15.8 Å². The Labute approximate surface area is 165 Å². The van der Waals surface area contributed by atoms with E-state index in [1.165, 1.54) is 0 Å². The fraction of sp³-hybridized carbons (Fsp3) is 0.381. The molecule has 3 rings (SSSR count). The fourth-order valence-electron chi connectivity index (χ4n) is 3.60. The number of carbonyl (C=O) groups excluding carboxylic acids is 1. The van der Waals surface area contributed by atoms with Gasteiger partial charge in [0.15, 0.2) is 0 Å². The van der Waals surface area contributed by atoms with E-state index < -0.39 is 0 Å². The summed E-state index contributed by atoms with van der Waals surface area (Å²) in [5.74, 6) is 0.0215. The zero-order chi connectivity index (χ0) is 19.9. The van der Waals surface area contributed by atoms with E-state index in [-0.39, 0.29) is 17.5 Å². The van der Waals surface area contributed by atoms with Gasteiger partial charge in [0, 0.05) is 62.5 Å². The lowest BCUT2D eigenvalue weighted by atomic mass is 10.1. The average Bonchev–Trinajstić information content (AvgIpc) is 3.21. The number of carbonyl (C=O) groups is 1. The van der Waals surface area contributed by atoms with Crippen LogP contribution in [0.25, 0.3) is 11.1 Å². The molecule has 7 nitrogen and oxygen atoms in total. The number of nitrogens with zero attached hydrogens (tertiary/aromatic N) is 3. The van der Waals surface area contributed by atoms with Crippen molar-refractivity contribution in [1.82, 2.24) is 20.2 Å². The van der Waals surface area contributed by atoms with Gasteiger partial charge in [0.25, 0.3) is 5.56 Å². The third kappa shape index (κ3) is 4.48. The maximum atomic E-state index is 12.5. The Morgan fingerprint density at radius 3 is 2.89 bits per heavy atom. The molecular weight excluding hydrogens is 354 g/mol. The van der Waals surface area contributed by atoms with Crippen molar-refractivity contribution in [3.63, 3.8) is 0 Å². The molecule has 2 aromatic rings. The molecule has 3 heterocycles. The molecule has 2 aromatic heterocycles. The number of anilines is 1. The molecule has 0 spiro atoms. The number of aromatic nitrogens is 2. The van der Waals surface area contributed by atoms with E-state index in [0.717, 1.165) is 17.5 Å². The molecule has 2 N–H and O–H groups in total. The highest BCUT2D eigenvalue weighted by atomic mass is 16.2. The molecule has 28 heavy (non-hydrogen) atoms. The molecule has 1 saturated heterocycles. The van der Waals surface area contributed by atoms with Crippen LogP contribution in [0.15, 0.2) is 53.7 Å². The predicted molar refractivity (Wildman–Crippen MR) is 111 cm³/mol. The number of hydrogen-bond donors (Lipinski definition) is 2. The molecule has 0 aromatic carbocycles. The van der Waals surface area contributed by atoms with Crippen LogP contribution in [0, 0.1) is 0 Å². The molecule has 1 aliphatic rings. The Bertz CT molecular complexity index is 878. The third-order valence-electron chi connectivity index (χ3n) is 5.05. The van der Waals surface area contributed by atoms with Gasteiger partial charge in [-0.15, -0.1) is 0 Å². The minimum Gasteiger partial charge on any atom is -0.363 e. The van der Waals surface area contributed by atoms with Crippen LogP contribution in [-0.4, -0.2) is 60.0 Å². The van der Waals surface area contributed by atoms with Gasteiger partial charge in [-0.2, -0.15) is 0 Å². The predicted octanol–water partition coefficient (Wildman–Crippen LogP) is 1.64. The van der Waals surface area contributed by atoms with Crippen molar-refractivity contribution >= 4 is 11.6 Å². The lowest BCUT2D eigenvalue weighted by Crippen LogP contribution is -2.41. The van der Waals surface area contributed by atoms with Crippen molar-refractivity contribution in [2.24, 2.45) is 0 Å². The summed E-state index contributed by atoms with van der Waals surface area (Å²) in [6, 6.07) is 5.89. The van der Waals surface area contributed by atoms with Crippen LogP contribution in [0.3, 0.4) is 0 Å². The van der Waals surface area contributed by atoms with Crippen LogP contribution in [0.5, 0.6) is 0 Å². The van der Waals surface area contributed by atoms with Crippen molar-refractivity contribution in [1.29, 1.82) is 0 Å². The van der Waals surface area contributed by atoms with E-state index in [9.17, 15) is 9.59 Å². The van der Waals surface area contributed by atoms with E-state index in [1.807, 2.05) is 43.1 Å². The van der Waals surface area contributed by atoms with Crippen molar-refractivity contribution < 1.29 is 4.79 Å². The highest BCUT2D eigenvalue weighted by Gasteiger charge is 2.30. The van der Waals surface area contributed by atoms with Crippen molar-refractivity contribution in [3.05, 3.63) is 59.3 Å². The Kier molecular flexibility index (Phi) is 6.60. The molecule has 0 bridgehead atoms. The third-order valence-corrected chi connectivity index (χ3v) is 5.05. The fourth-order valence-corrected chi connectivity index (χ4v) is 3.60. The van der Waals surface area contributed by atoms with E-state index in [4.69, 9.17) is 0 Å². The number of hydrogen-bond acceptors (Lipinski definition) is 5. The van der Waals surface area contributed by atoms with E-state index >= 15 is 0 Å². The molecule has 0 aliphatic carbocycles. The van der Waals surface area contributed by atoms with Crippen molar-refractivity contribution in [3.8, 4) is 11.1 Å². The number of rotatable bonds is 7. The molecule has 0 unspecified atom stereocenters. The Balaban J connectivity index is 1.79. The summed E-state index contributed by atoms with van der Waals surface area (Å²) in [5.41, 5.74) is 2.47. The lowest BCUT2D eigenvalue weighted by molar-refractivity contribution is -0.125. The molecule has 0 saturated carbocycles. The standard InChI is InChI=1S/C21H27N5O2/c1-3-26(18-8-12-25(15-18)20(27)5-4-9-22-2)19-13-17(14-24-21(19)28)16-6-10-23-11-7-16/h4-7,10-11,13-14,18,22H,3,8-9,12,15H2,1-2H3,(H,24,28)/t18-/m0/s1. The van der Waals surface area contributed by atoms with Gasteiger partial charge >= 0.3 is 0 Å². The summed E-state index contributed by atoms with van der Waals surface area (Å²) in [7, 11) is 1.84. The first-order chi connectivity index (χ1) is 13.6. The average molecular weight is 381 g/mol. The van der Waals surface area contributed by atoms with Gasteiger partial charge < -0.3 is 20.1 Å². The number of aromatic amines is 1. The van der Waals surface area contributed by atoms with E-state index in [0.29, 0.717) is 31.9 Å². The number of likely N-dealkylation sites (N-methyl/N-ethyl adjacent to an activating group) is 2. The monoisotopic (exact) mass is 381 g/mol. The first-order valence-electron chi connectivity index (χ1n) is 9.63. The maximum Gasteiger partial charge on any atom is 0.271 e. The van der Waals surface area contributed by atoms with E-state index in [2.05, 4.69) is 20.2 Å². The minimum atomic E-state index is -0.113. The van der Waals surface area contributed by atoms with Gasteiger partial charge in [-0.3, -0.25) is 14.6 Å². The number of amides is 1. The van der Waals surface area contributed by atoms with Crippen LogP contribution in [0.1, 0.15) is 13.3 Å². The molecular formula is C21H27N5O2. The number of likely N-dealkylation sites (tertiary alicyclic amines) is 1. The highest BCUT2D eigenvalue weighted by Crippen LogP contribution is 2.25. The maximum absolute atomic E-state index is 12.5. The van der Waals surface area contributed by atoms with E-state index in [1.54, 1.807) is 24.7 Å². The summed E-state index contributed by atoms with van der Waals surface area (Å²) >= 11 is 0. The highest BCUT2D eigenvalue weighted by molar-refractivity contribution is 5.88. The molecule has 148 valence electrons. The molecule has 0 radical (unpaired) electrons. The van der Waals surface area contributed by atoms with Gasteiger partial charge in [0.2, 0.25) is 5.91 Å². The van der Waals surface area contributed by atoms with Gasteiger partial charge in [0.05, 0.1) is 0 Å². The number of pyridine rings is 2. The van der Waals surface area contributed by atoms with Gasteiger partial charge in [-0.25, -0.2) is 0 Å². The molecule has 7 heteroatoms. The molecule has 1 amide bonds. The van der Waals surface area contributed by atoms with Crippen LogP contribution in [0.4, 0.5) is 5.69 Å². The summed E-state index contributed by atoms with van der Waals surface area (Å²) in [5, 5.41) is 2.99. The summed E-state index contributed by atoms with van der Waals surface area (Å²) in [4.78, 5) is 35.7. The zero-order valence-corrected chi connectivity index (χ0v) is 16.4. The SMILES string of the molecule is CCN(c1cc(-c2ccncc2)c[nH]c1=O)[C@H]1CCN(C(=O)C=CCNC)C1. The largest absolute Gasteiger partial charge is 0.363 e. The number of H-pyrrole nitrogens is 1. The minimum absolute atomic E-state index is 0.0215. The summed E-state index contributed by atoms with van der Waals surface area (Å²) in [6.07, 6.45) is 9.49. The van der Waals surface area contributed by atoms with Crippen LogP contribution in [-0.2, 0) is 4.79 Å². The second-order valence-corrected chi connectivity index (χ2v) is 6.81. The van der Waals surface area contributed by atoms with Crippen LogP contribution in [0.2, 0.25) is 0 Å². The smallest absolute Gasteiger partial charge is 0.271 e. The van der Waals surface area contributed by atoms with Gasteiger partial charge in [-0.05, 0) is 44.2 Å². The Morgan fingerprint density at radius 1 is 1.39 bits per heavy atom. The van der Waals surface area contributed by atoms with Crippen molar-refractivity contribution in [2.45, 2.75) is 19.4 Å². The lowest BCUT2D eigenvalue weighted by Gasteiger charge is -2.29. The Morgan fingerprint density at radius 2 is 2.18 bits per heavy atom. The first kappa shape index (κ1) is 19.8. The second-order valence-electron chi connectivity index (χ2n) is 6.81. The van der Waals surface area contributed by atoms with Gasteiger partial charge in [-0.1, -0.05) is 6.08 Å². The molecule has 1 atom stereocenters. The number of nitrogens with one attached hydrogen (secondary N) is 2. The topological polar surface area (TPSA) is 81.3 Å². The van der Waals surface area contributed by atoms with Crippen molar-refractivity contribution in [2.75, 3.05) is 38.1 Å². The first-order valence-corrected chi connectivity index (χ1v) is 9.63. The normalized spacial score (nSPS) is 16.6. The second kappa shape index (κ2) is 9.32. The summed E-state index contributed by atoms with van der Waals surface area (Å²) < 4.78 is 0. The van der Waals surface area contributed by atoms with Crippen LogP contribution >= 0.6 is 0 Å². The summed E-state index contributed by atoms with van der Waals surface area (Å²) in [6.45, 7) is 4.73. The molecule has 1 fully saturated rings. The molecule has 1 aliphatic heterocycles. The van der Waals surface area contributed by atoms with Gasteiger partial charge in [0.1, 0.15) is 5.69 Å². The quantitative estimate of drug-likeness (QED) is 0.713.